The molecule has 1 unspecified atom stereocenters. The lowest BCUT2D eigenvalue weighted by Crippen LogP contribution is -2.45. The Balaban J connectivity index is 1.91. The highest BCUT2D eigenvalue weighted by molar-refractivity contribution is 6.69. The number of hydrazine groups is 1. The van der Waals surface area contributed by atoms with Gasteiger partial charge in [0.2, 0.25) is 0 Å². The van der Waals surface area contributed by atoms with E-state index in [-0.39, 0.29) is 23.1 Å². The van der Waals surface area contributed by atoms with Crippen LogP contribution in [-0.2, 0) is 0 Å². The fourth-order valence-electron chi connectivity index (χ4n) is 4.10. The number of rotatable bonds is 6. The lowest BCUT2D eigenvalue weighted by atomic mass is 9.91. The van der Waals surface area contributed by atoms with Crippen molar-refractivity contribution in [3.63, 3.8) is 0 Å². The number of fused-ring (bicyclic) bond motifs is 3. The van der Waals surface area contributed by atoms with E-state index in [0.29, 0.717) is 39.6 Å². The molecule has 2 heterocycles. The van der Waals surface area contributed by atoms with Gasteiger partial charge in [-0.25, -0.2) is 14.8 Å². The third-order valence-corrected chi connectivity index (χ3v) is 6.35. The predicted octanol–water partition coefficient (Wildman–Crippen LogP) is 3.73. The van der Waals surface area contributed by atoms with Crippen molar-refractivity contribution in [2.75, 3.05) is 19.3 Å². The summed E-state index contributed by atoms with van der Waals surface area (Å²) in [6.07, 6.45) is 3.56. The van der Waals surface area contributed by atoms with Gasteiger partial charge < -0.3 is 21.2 Å². The van der Waals surface area contributed by atoms with E-state index in [1.54, 1.807) is 32.3 Å². The summed E-state index contributed by atoms with van der Waals surface area (Å²) in [5.41, 5.74) is 15.2. The standard InChI is InChI=1S/C24H29ClFN7O/c1-12-17-8-15(26)5-6-16(17)21(27)19(33-30-2)9-18(23(25)28)22(31-10-13-3-4-13)14-7-20(34-12)24(29)32-11-14/h5-8,11-13,19,27-28,30-31,33H,3-4,9-10H2,1-2H3,(H2,29,32)/b22-18-,27-21?,28-23?/t12-,19?/m1/s1. The molecule has 1 saturated carbocycles. The van der Waals surface area contributed by atoms with Gasteiger partial charge in [-0.05, 0) is 63.4 Å². The second-order valence-corrected chi connectivity index (χ2v) is 9.03. The van der Waals surface area contributed by atoms with Crippen molar-refractivity contribution >= 4 is 34.0 Å². The van der Waals surface area contributed by atoms with Gasteiger partial charge in [-0.2, -0.15) is 0 Å². The first kappa shape index (κ1) is 24.1. The molecule has 1 aromatic carbocycles. The molecule has 0 spiro atoms. The normalized spacial score (nSPS) is 22.8. The Hall–Kier alpha value is -3.01. The van der Waals surface area contributed by atoms with Gasteiger partial charge in [-0.1, -0.05) is 11.6 Å². The van der Waals surface area contributed by atoms with Gasteiger partial charge in [0.05, 0.1) is 11.8 Å². The second-order valence-electron chi connectivity index (χ2n) is 8.66. The van der Waals surface area contributed by atoms with Crippen molar-refractivity contribution in [1.82, 2.24) is 21.2 Å². The number of hydrogen-bond donors (Lipinski definition) is 6. The van der Waals surface area contributed by atoms with E-state index in [4.69, 9.17) is 32.9 Å². The molecule has 0 saturated heterocycles. The SMILES string of the molecule is CNNC1C/C(C(=N)Cl)=C(/NCC2CC2)c2cnc(N)c(c2)O[C@H](C)c2cc(F)ccc2C1=N. The highest BCUT2D eigenvalue weighted by atomic mass is 35.5. The van der Waals surface area contributed by atoms with Crippen molar-refractivity contribution in [3.05, 3.63) is 58.5 Å². The maximum absolute atomic E-state index is 14.2. The molecule has 2 aromatic rings. The molecule has 0 amide bonds. The summed E-state index contributed by atoms with van der Waals surface area (Å²) in [7, 11) is 1.71. The average molecular weight is 486 g/mol. The number of nitrogen functional groups attached to an aromatic ring is 1. The molecule has 0 radical (unpaired) electrons. The lowest BCUT2D eigenvalue weighted by Gasteiger charge is -2.27. The minimum atomic E-state index is -0.599. The van der Waals surface area contributed by atoms with Gasteiger partial charge in [-0.3, -0.25) is 10.8 Å². The van der Waals surface area contributed by atoms with Crippen molar-refractivity contribution in [2.45, 2.75) is 38.3 Å². The van der Waals surface area contributed by atoms with E-state index in [0.717, 1.165) is 19.4 Å². The van der Waals surface area contributed by atoms with Crippen LogP contribution in [0.3, 0.4) is 0 Å². The number of halogens is 2. The van der Waals surface area contributed by atoms with Gasteiger partial charge in [0.1, 0.15) is 17.1 Å². The third kappa shape index (κ3) is 5.22. The number of benzene rings is 1. The molecule has 2 bridgehead atoms. The molecular weight excluding hydrogens is 457 g/mol. The van der Waals surface area contributed by atoms with Crippen LogP contribution in [0, 0.1) is 22.6 Å². The van der Waals surface area contributed by atoms with Crippen LogP contribution < -0.4 is 26.6 Å². The highest BCUT2D eigenvalue weighted by Crippen LogP contribution is 2.34. The molecule has 180 valence electrons. The Morgan fingerprint density at radius 1 is 1.32 bits per heavy atom. The van der Waals surface area contributed by atoms with Gasteiger partial charge in [0.15, 0.2) is 11.6 Å². The topological polar surface area (TPSA) is 132 Å². The summed E-state index contributed by atoms with van der Waals surface area (Å²) >= 11 is 6.32. The van der Waals surface area contributed by atoms with E-state index < -0.39 is 18.0 Å². The van der Waals surface area contributed by atoms with E-state index in [1.165, 1.54) is 12.1 Å². The largest absolute Gasteiger partial charge is 0.482 e. The van der Waals surface area contributed by atoms with Crippen LogP contribution in [0.2, 0.25) is 0 Å². The molecule has 10 heteroatoms. The molecule has 1 aromatic heterocycles. The highest BCUT2D eigenvalue weighted by Gasteiger charge is 2.28. The fraction of sp³-hybridized carbons (Fsp3) is 0.375. The van der Waals surface area contributed by atoms with Crippen molar-refractivity contribution in [1.29, 1.82) is 10.8 Å². The number of anilines is 1. The van der Waals surface area contributed by atoms with Crippen molar-refractivity contribution in [3.8, 4) is 5.75 Å². The van der Waals surface area contributed by atoms with E-state index in [2.05, 4.69) is 21.2 Å². The Labute approximate surface area is 203 Å². The fourth-order valence-corrected chi connectivity index (χ4v) is 4.27. The Kier molecular flexibility index (Phi) is 7.16. The van der Waals surface area contributed by atoms with Gasteiger partial charge in [-0.15, -0.1) is 0 Å². The summed E-state index contributed by atoms with van der Waals surface area (Å²) in [5, 5.41) is 20.6. The summed E-state index contributed by atoms with van der Waals surface area (Å²) < 4.78 is 20.4. The van der Waals surface area contributed by atoms with Crippen molar-refractivity contribution < 1.29 is 9.13 Å². The number of hydrogen-bond acceptors (Lipinski definition) is 8. The van der Waals surface area contributed by atoms with Gasteiger partial charge in [0, 0.05) is 40.7 Å². The maximum atomic E-state index is 14.2. The number of pyridine rings is 1. The summed E-state index contributed by atoms with van der Waals surface area (Å²) in [6, 6.07) is 5.46. The van der Waals surface area contributed by atoms with Crippen LogP contribution in [-0.4, -0.2) is 35.5 Å². The first-order valence-electron chi connectivity index (χ1n) is 11.2. The van der Waals surface area contributed by atoms with Crippen LogP contribution in [0.1, 0.15) is 49.0 Å². The number of aromatic nitrogens is 1. The molecule has 1 aliphatic carbocycles. The zero-order valence-electron chi connectivity index (χ0n) is 19.1. The molecule has 7 N–H and O–H groups in total. The average Bonchev–Trinajstić information content (AvgIpc) is 3.63. The molecule has 1 fully saturated rings. The first-order valence-corrected chi connectivity index (χ1v) is 11.6. The van der Waals surface area contributed by atoms with Crippen LogP contribution in [0.5, 0.6) is 5.75 Å². The number of ether oxygens (including phenoxy) is 1. The zero-order valence-corrected chi connectivity index (χ0v) is 19.9. The van der Waals surface area contributed by atoms with Gasteiger partial charge >= 0.3 is 0 Å². The molecule has 34 heavy (non-hydrogen) atoms. The minimum absolute atomic E-state index is 0.141. The Morgan fingerprint density at radius 3 is 2.76 bits per heavy atom. The van der Waals surface area contributed by atoms with Gasteiger partial charge in [0.25, 0.3) is 0 Å². The van der Waals surface area contributed by atoms with Crippen LogP contribution >= 0.6 is 11.6 Å². The summed E-state index contributed by atoms with van der Waals surface area (Å²) in [4.78, 5) is 4.31. The summed E-state index contributed by atoms with van der Waals surface area (Å²) in [6.45, 7) is 2.52. The van der Waals surface area contributed by atoms with E-state index in [9.17, 15) is 4.39 Å². The first-order chi connectivity index (χ1) is 16.3. The predicted molar refractivity (Wildman–Crippen MR) is 133 cm³/mol. The Bertz CT molecular complexity index is 1150. The van der Waals surface area contributed by atoms with Crippen LogP contribution in [0.15, 0.2) is 36.0 Å². The quantitative estimate of drug-likeness (QED) is 0.273. The molecular formula is C24H29ClFN7O. The monoisotopic (exact) mass is 485 g/mol. The third-order valence-electron chi connectivity index (χ3n) is 6.12. The Morgan fingerprint density at radius 2 is 2.09 bits per heavy atom. The minimum Gasteiger partial charge on any atom is -0.482 e. The van der Waals surface area contributed by atoms with E-state index in [1.807, 2.05) is 0 Å². The number of nitrogens with one attached hydrogen (secondary N) is 5. The molecule has 4 rings (SSSR count). The summed E-state index contributed by atoms with van der Waals surface area (Å²) in [5.74, 6) is 0.674. The molecule has 2 atom stereocenters. The lowest BCUT2D eigenvalue weighted by molar-refractivity contribution is 0.226. The number of nitrogens with two attached hydrogens (primary N) is 1. The zero-order chi connectivity index (χ0) is 24.4. The smallest absolute Gasteiger partial charge is 0.166 e. The van der Waals surface area contributed by atoms with Crippen molar-refractivity contribution in [2.24, 2.45) is 5.92 Å². The van der Waals surface area contributed by atoms with Crippen LogP contribution in [0.25, 0.3) is 5.70 Å². The molecule has 8 nitrogen and oxygen atoms in total. The molecule has 1 aliphatic heterocycles. The van der Waals surface area contributed by atoms with E-state index >= 15 is 0 Å². The maximum Gasteiger partial charge on any atom is 0.166 e. The van der Waals surface area contributed by atoms with Crippen LogP contribution in [0.4, 0.5) is 10.2 Å². The number of nitrogens with zero attached hydrogens (tertiary/aromatic N) is 1. The molecule has 2 aliphatic rings. The second kappa shape index (κ2) is 10.1.